The fourth-order valence-electron chi connectivity index (χ4n) is 1.95. The number of rotatable bonds is 4. The standard InChI is InChI=1S/C14H14F2N2O2S/c1-9-6-11(7-10(2)13(9)16)8-18-21(19,20)14-12(15)4-3-5-17-14/h3-7,18H,8H2,1-2H3. The van der Waals surface area contributed by atoms with Crippen molar-refractivity contribution < 1.29 is 17.2 Å². The van der Waals surface area contributed by atoms with Crippen molar-refractivity contribution in [3.63, 3.8) is 0 Å². The van der Waals surface area contributed by atoms with Crippen LogP contribution in [0.15, 0.2) is 35.5 Å². The highest BCUT2D eigenvalue weighted by molar-refractivity contribution is 7.89. The average Bonchev–Trinajstić information content (AvgIpc) is 2.43. The van der Waals surface area contributed by atoms with Gasteiger partial charge in [-0.3, -0.25) is 0 Å². The van der Waals surface area contributed by atoms with Gasteiger partial charge in [-0.2, -0.15) is 0 Å². The Morgan fingerprint density at radius 2 is 1.81 bits per heavy atom. The third-order valence-electron chi connectivity index (χ3n) is 2.94. The molecule has 0 bridgehead atoms. The van der Waals surface area contributed by atoms with Crippen LogP contribution in [0.2, 0.25) is 0 Å². The van der Waals surface area contributed by atoms with Gasteiger partial charge >= 0.3 is 0 Å². The molecule has 112 valence electrons. The molecule has 0 radical (unpaired) electrons. The Morgan fingerprint density at radius 3 is 2.38 bits per heavy atom. The van der Waals surface area contributed by atoms with Gasteiger partial charge in [0.2, 0.25) is 5.03 Å². The van der Waals surface area contributed by atoms with E-state index < -0.39 is 20.9 Å². The number of hydrogen-bond acceptors (Lipinski definition) is 3. The van der Waals surface area contributed by atoms with E-state index in [0.717, 1.165) is 6.07 Å². The summed E-state index contributed by atoms with van der Waals surface area (Å²) in [6.07, 6.45) is 1.20. The normalized spacial score (nSPS) is 11.6. The first kappa shape index (κ1) is 15.5. The summed E-state index contributed by atoms with van der Waals surface area (Å²) in [5, 5.41) is -0.652. The molecule has 0 saturated heterocycles. The second kappa shape index (κ2) is 5.87. The third-order valence-corrected chi connectivity index (χ3v) is 4.28. The molecule has 1 N–H and O–H groups in total. The zero-order valence-corrected chi connectivity index (χ0v) is 12.3. The molecular weight excluding hydrogens is 298 g/mol. The summed E-state index contributed by atoms with van der Waals surface area (Å²) in [7, 11) is -4.05. The fourth-order valence-corrected chi connectivity index (χ4v) is 2.97. The monoisotopic (exact) mass is 312 g/mol. The van der Waals surface area contributed by atoms with Crippen molar-refractivity contribution in [1.29, 1.82) is 0 Å². The molecule has 2 aromatic rings. The number of hydrogen-bond donors (Lipinski definition) is 1. The molecule has 0 saturated carbocycles. The Kier molecular flexibility index (Phi) is 4.34. The first-order valence-corrected chi connectivity index (χ1v) is 7.65. The van der Waals surface area contributed by atoms with Crippen LogP contribution >= 0.6 is 0 Å². The smallest absolute Gasteiger partial charge is 0.241 e. The largest absolute Gasteiger partial charge is 0.261 e. The van der Waals surface area contributed by atoms with Crippen LogP contribution in [0.4, 0.5) is 8.78 Å². The zero-order valence-electron chi connectivity index (χ0n) is 11.5. The summed E-state index contributed by atoms with van der Waals surface area (Å²) in [5.74, 6) is -1.24. The molecule has 0 aliphatic rings. The lowest BCUT2D eigenvalue weighted by molar-refractivity contribution is 0.544. The Labute approximate surface area is 121 Å². The van der Waals surface area contributed by atoms with Gasteiger partial charge in [0.15, 0.2) is 5.82 Å². The van der Waals surface area contributed by atoms with E-state index in [4.69, 9.17) is 0 Å². The number of nitrogens with zero attached hydrogens (tertiary/aromatic N) is 1. The van der Waals surface area contributed by atoms with E-state index in [-0.39, 0.29) is 12.4 Å². The summed E-state index contributed by atoms with van der Waals surface area (Å²) in [4.78, 5) is 3.53. The average molecular weight is 312 g/mol. The minimum atomic E-state index is -4.05. The van der Waals surface area contributed by atoms with Crippen LogP contribution in [-0.2, 0) is 16.6 Å². The number of nitrogens with one attached hydrogen (secondary N) is 1. The highest BCUT2D eigenvalue weighted by atomic mass is 32.2. The molecule has 7 heteroatoms. The maximum absolute atomic E-state index is 13.5. The molecule has 1 heterocycles. The maximum atomic E-state index is 13.5. The highest BCUT2D eigenvalue weighted by Crippen LogP contribution is 2.16. The molecule has 0 amide bonds. The number of aromatic nitrogens is 1. The Balaban J connectivity index is 2.22. The minimum Gasteiger partial charge on any atom is -0.241 e. The Hall–Kier alpha value is -1.86. The minimum absolute atomic E-state index is 0.0691. The quantitative estimate of drug-likeness (QED) is 0.943. The van der Waals surface area contributed by atoms with Gasteiger partial charge < -0.3 is 0 Å². The van der Waals surface area contributed by atoms with Crippen molar-refractivity contribution in [2.24, 2.45) is 0 Å². The molecule has 1 aromatic heterocycles. The predicted octanol–water partition coefficient (Wildman–Crippen LogP) is 2.46. The molecule has 0 aliphatic carbocycles. The van der Waals surface area contributed by atoms with Crippen LogP contribution < -0.4 is 4.72 Å². The van der Waals surface area contributed by atoms with Gasteiger partial charge in [0.1, 0.15) is 5.82 Å². The van der Waals surface area contributed by atoms with E-state index in [1.54, 1.807) is 26.0 Å². The van der Waals surface area contributed by atoms with Crippen molar-refractivity contribution in [3.05, 3.63) is 58.8 Å². The number of aryl methyl sites for hydroxylation is 2. The van der Waals surface area contributed by atoms with Gasteiger partial charge in [-0.05, 0) is 42.7 Å². The molecule has 2 rings (SSSR count). The molecule has 21 heavy (non-hydrogen) atoms. The van der Waals surface area contributed by atoms with Gasteiger partial charge in [-0.1, -0.05) is 12.1 Å². The van der Waals surface area contributed by atoms with Crippen LogP contribution in [-0.4, -0.2) is 13.4 Å². The Morgan fingerprint density at radius 1 is 1.19 bits per heavy atom. The van der Waals surface area contributed by atoms with Crippen LogP contribution in [0, 0.1) is 25.5 Å². The molecule has 0 fully saturated rings. The van der Waals surface area contributed by atoms with Crippen LogP contribution in [0.25, 0.3) is 0 Å². The maximum Gasteiger partial charge on any atom is 0.261 e. The lowest BCUT2D eigenvalue weighted by Crippen LogP contribution is -2.25. The summed E-state index contributed by atoms with van der Waals surface area (Å²) in [5.41, 5.74) is 1.44. The van der Waals surface area contributed by atoms with Gasteiger partial charge in [0, 0.05) is 12.7 Å². The van der Waals surface area contributed by atoms with Crippen molar-refractivity contribution >= 4 is 10.0 Å². The molecule has 0 atom stereocenters. The summed E-state index contributed by atoms with van der Waals surface area (Å²) in [6.45, 7) is 3.12. The van der Waals surface area contributed by atoms with Gasteiger partial charge in [0.25, 0.3) is 10.0 Å². The predicted molar refractivity (Wildman–Crippen MR) is 74.1 cm³/mol. The number of halogens is 2. The van der Waals surface area contributed by atoms with Gasteiger partial charge in [-0.25, -0.2) is 26.9 Å². The van der Waals surface area contributed by atoms with Crippen molar-refractivity contribution in [2.75, 3.05) is 0 Å². The van der Waals surface area contributed by atoms with Gasteiger partial charge in [-0.15, -0.1) is 0 Å². The molecule has 0 spiro atoms. The Bertz CT molecular complexity index is 753. The van der Waals surface area contributed by atoms with Crippen LogP contribution in [0.3, 0.4) is 0 Å². The molecule has 4 nitrogen and oxygen atoms in total. The van der Waals surface area contributed by atoms with E-state index in [1.165, 1.54) is 12.3 Å². The topological polar surface area (TPSA) is 59.1 Å². The van der Waals surface area contributed by atoms with E-state index in [0.29, 0.717) is 16.7 Å². The van der Waals surface area contributed by atoms with E-state index in [1.807, 2.05) is 0 Å². The second-order valence-corrected chi connectivity index (χ2v) is 6.34. The van der Waals surface area contributed by atoms with Crippen molar-refractivity contribution in [1.82, 2.24) is 9.71 Å². The first-order valence-electron chi connectivity index (χ1n) is 6.17. The summed E-state index contributed by atoms with van der Waals surface area (Å²) >= 11 is 0. The lowest BCUT2D eigenvalue weighted by atomic mass is 10.1. The van der Waals surface area contributed by atoms with Crippen LogP contribution in [0.5, 0.6) is 0 Å². The molecular formula is C14H14F2N2O2S. The van der Waals surface area contributed by atoms with Crippen molar-refractivity contribution in [2.45, 2.75) is 25.4 Å². The van der Waals surface area contributed by atoms with Crippen LogP contribution in [0.1, 0.15) is 16.7 Å². The van der Waals surface area contributed by atoms with E-state index in [9.17, 15) is 17.2 Å². The second-order valence-electron chi connectivity index (χ2n) is 4.66. The molecule has 0 unspecified atom stereocenters. The number of sulfonamides is 1. The summed E-state index contributed by atoms with van der Waals surface area (Å²) < 4.78 is 53.2. The number of benzene rings is 1. The fraction of sp³-hybridized carbons (Fsp3) is 0.214. The number of pyridine rings is 1. The van der Waals surface area contributed by atoms with E-state index >= 15 is 0 Å². The third kappa shape index (κ3) is 3.43. The van der Waals surface area contributed by atoms with Crippen molar-refractivity contribution in [3.8, 4) is 0 Å². The lowest BCUT2D eigenvalue weighted by Gasteiger charge is -2.09. The van der Waals surface area contributed by atoms with Gasteiger partial charge in [0.05, 0.1) is 0 Å². The zero-order chi connectivity index (χ0) is 15.6. The highest BCUT2D eigenvalue weighted by Gasteiger charge is 2.20. The molecule has 0 aliphatic heterocycles. The first-order chi connectivity index (χ1) is 9.81. The van der Waals surface area contributed by atoms with E-state index in [2.05, 4.69) is 9.71 Å². The SMILES string of the molecule is Cc1cc(CNS(=O)(=O)c2ncccc2F)cc(C)c1F. The molecule has 1 aromatic carbocycles. The summed E-state index contributed by atoms with van der Waals surface area (Å²) in [6, 6.07) is 5.41.